The minimum absolute atomic E-state index is 0.0393. The molecule has 22 heavy (non-hydrogen) atoms. The van der Waals surface area contributed by atoms with Gasteiger partial charge in [-0.25, -0.2) is 0 Å². The smallest absolute Gasteiger partial charge is 0.234 e. The molecule has 0 saturated carbocycles. The highest BCUT2D eigenvalue weighted by atomic mass is 32.2. The molecule has 0 spiro atoms. The van der Waals surface area contributed by atoms with Crippen molar-refractivity contribution in [2.45, 2.75) is 25.2 Å². The van der Waals surface area contributed by atoms with Gasteiger partial charge in [-0.05, 0) is 31.2 Å². The minimum atomic E-state index is -0.0393. The van der Waals surface area contributed by atoms with Crippen molar-refractivity contribution in [2.24, 2.45) is 0 Å². The first kappa shape index (κ1) is 16.3. The molecule has 2 rings (SSSR count). The molecule has 1 amide bonds. The number of hydrogen-bond donors (Lipinski definition) is 1. The van der Waals surface area contributed by atoms with Crippen LogP contribution in [0.3, 0.4) is 0 Å². The molecule has 0 radical (unpaired) electrons. The summed E-state index contributed by atoms with van der Waals surface area (Å²) in [7, 11) is 0. The number of amides is 1. The van der Waals surface area contributed by atoms with Crippen molar-refractivity contribution in [3.63, 3.8) is 0 Å². The fourth-order valence-electron chi connectivity index (χ4n) is 1.92. The van der Waals surface area contributed by atoms with Crippen LogP contribution in [-0.2, 0) is 4.79 Å². The van der Waals surface area contributed by atoms with Gasteiger partial charge in [-0.15, -0.1) is 11.8 Å². The van der Waals surface area contributed by atoms with Gasteiger partial charge in [0.2, 0.25) is 5.91 Å². The molecule has 0 aliphatic rings. The molecule has 0 saturated heterocycles. The number of carbonyl (C=O) groups is 2. The average molecular weight is 313 g/mol. The van der Waals surface area contributed by atoms with E-state index >= 15 is 0 Å². The van der Waals surface area contributed by atoms with Crippen LogP contribution in [0.1, 0.15) is 29.3 Å². The van der Waals surface area contributed by atoms with Gasteiger partial charge in [-0.2, -0.15) is 0 Å². The number of ketones is 1. The molecule has 0 fully saturated rings. The van der Waals surface area contributed by atoms with Crippen LogP contribution in [0.5, 0.6) is 0 Å². The largest absolute Gasteiger partial charge is 0.325 e. The molecular formula is C18H19NO2S. The van der Waals surface area contributed by atoms with Crippen molar-refractivity contribution < 1.29 is 9.59 Å². The van der Waals surface area contributed by atoms with Gasteiger partial charge < -0.3 is 5.32 Å². The first-order valence-electron chi connectivity index (χ1n) is 7.21. The Morgan fingerprint density at radius 2 is 1.64 bits per heavy atom. The van der Waals surface area contributed by atoms with E-state index in [1.807, 2.05) is 62.4 Å². The second-order valence-corrected chi connectivity index (χ2v) is 6.05. The van der Waals surface area contributed by atoms with Gasteiger partial charge in [0.1, 0.15) is 0 Å². The van der Waals surface area contributed by atoms with Crippen LogP contribution in [0.2, 0.25) is 0 Å². The van der Waals surface area contributed by atoms with E-state index < -0.39 is 0 Å². The van der Waals surface area contributed by atoms with Gasteiger partial charge in [0, 0.05) is 22.6 Å². The molecule has 0 bridgehead atoms. The molecule has 2 aromatic carbocycles. The highest BCUT2D eigenvalue weighted by Gasteiger charge is 2.06. The number of hydrogen-bond acceptors (Lipinski definition) is 3. The lowest BCUT2D eigenvalue weighted by atomic mass is 10.1. The quantitative estimate of drug-likeness (QED) is 0.638. The van der Waals surface area contributed by atoms with E-state index in [4.69, 9.17) is 0 Å². The predicted molar refractivity (Wildman–Crippen MR) is 91.6 cm³/mol. The summed E-state index contributed by atoms with van der Waals surface area (Å²) in [6.07, 6.45) is 0.505. The normalized spacial score (nSPS) is 10.3. The van der Waals surface area contributed by atoms with Crippen LogP contribution in [0, 0.1) is 6.92 Å². The molecule has 0 atom stereocenters. The summed E-state index contributed by atoms with van der Waals surface area (Å²) in [5.41, 5.74) is 2.69. The Labute approximate surface area is 135 Å². The second kappa shape index (κ2) is 7.80. The standard InChI is InChI=1S/C18H19NO2S/c1-3-17(20)14-6-10-16(11-7-14)22-12-18(21)19-15-8-4-13(2)5-9-15/h4-11H,3,12H2,1-2H3,(H,19,21). The lowest BCUT2D eigenvalue weighted by Gasteiger charge is -2.06. The van der Waals surface area contributed by atoms with Crippen LogP contribution >= 0.6 is 11.8 Å². The second-order valence-electron chi connectivity index (χ2n) is 5.00. The topological polar surface area (TPSA) is 46.2 Å². The molecule has 114 valence electrons. The van der Waals surface area contributed by atoms with Crippen molar-refractivity contribution in [3.8, 4) is 0 Å². The highest BCUT2D eigenvalue weighted by Crippen LogP contribution is 2.19. The first-order valence-corrected chi connectivity index (χ1v) is 8.19. The van der Waals surface area contributed by atoms with Gasteiger partial charge in [0.05, 0.1) is 5.75 Å². The van der Waals surface area contributed by atoms with Crippen LogP contribution in [-0.4, -0.2) is 17.4 Å². The van der Waals surface area contributed by atoms with Crippen molar-refractivity contribution in [2.75, 3.05) is 11.1 Å². The maximum Gasteiger partial charge on any atom is 0.234 e. The van der Waals surface area contributed by atoms with E-state index in [0.717, 1.165) is 21.7 Å². The average Bonchev–Trinajstić information content (AvgIpc) is 2.55. The lowest BCUT2D eigenvalue weighted by Crippen LogP contribution is -2.13. The number of Topliss-reactive ketones (excluding diaryl/α,β-unsaturated/α-hetero) is 1. The van der Waals surface area contributed by atoms with Gasteiger partial charge in [-0.1, -0.05) is 36.8 Å². The Kier molecular flexibility index (Phi) is 5.78. The maximum atomic E-state index is 11.9. The number of nitrogens with one attached hydrogen (secondary N) is 1. The molecular weight excluding hydrogens is 294 g/mol. The first-order chi connectivity index (χ1) is 10.6. The summed E-state index contributed by atoms with van der Waals surface area (Å²) >= 11 is 1.46. The lowest BCUT2D eigenvalue weighted by molar-refractivity contribution is -0.113. The van der Waals surface area contributed by atoms with Gasteiger partial charge in [-0.3, -0.25) is 9.59 Å². The molecule has 0 aliphatic heterocycles. The molecule has 4 heteroatoms. The zero-order valence-electron chi connectivity index (χ0n) is 12.8. The number of anilines is 1. The Hall–Kier alpha value is -2.07. The van der Waals surface area contributed by atoms with E-state index in [2.05, 4.69) is 5.32 Å². The highest BCUT2D eigenvalue weighted by molar-refractivity contribution is 8.00. The SMILES string of the molecule is CCC(=O)c1ccc(SCC(=O)Nc2ccc(C)cc2)cc1. The van der Waals surface area contributed by atoms with Crippen molar-refractivity contribution >= 4 is 29.1 Å². The molecule has 0 unspecified atom stereocenters. The number of rotatable bonds is 6. The maximum absolute atomic E-state index is 11.9. The van der Waals surface area contributed by atoms with Crippen LogP contribution in [0.15, 0.2) is 53.4 Å². The van der Waals surface area contributed by atoms with Gasteiger partial charge in [0.25, 0.3) is 0 Å². The Morgan fingerprint density at radius 1 is 1.00 bits per heavy atom. The van der Waals surface area contributed by atoms with Crippen LogP contribution < -0.4 is 5.32 Å². The fraction of sp³-hybridized carbons (Fsp3) is 0.222. The molecule has 0 aromatic heterocycles. The Bertz CT molecular complexity index is 648. The molecule has 3 nitrogen and oxygen atoms in total. The van der Waals surface area contributed by atoms with Crippen LogP contribution in [0.4, 0.5) is 5.69 Å². The van der Waals surface area contributed by atoms with Crippen LogP contribution in [0.25, 0.3) is 0 Å². The Morgan fingerprint density at radius 3 is 2.23 bits per heavy atom. The number of benzene rings is 2. The number of carbonyl (C=O) groups excluding carboxylic acids is 2. The number of aryl methyl sites for hydroxylation is 1. The summed E-state index contributed by atoms with van der Waals surface area (Å²) in [5.74, 6) is 0.436. The van der Waals surface area contributed by atoms with Gasteiger partial charge >= 0.3 is 0 Å². The predicted octanol–water partition coefficient (Wildman–Crippen LogP) is 4.32. The monoisotopic (exact) mass is 313 g/mol. The third-order valence-corrected chi connectivity index (χ3v) is 4.21. The van der Waals surface area contributed by atoms with Gasteiger partial charge in [0.15, 0.2) is 5.78 Å². The summed E-state index contributed by atoms with van der Waals surface area (Å²) in [4.78, 5) is 24.4. The van der Waals surface area contributed by atoms with E-state index in [-0.39, 0.29) is 11.7 Å². The molecule has 0 heterocycles. The third-order valence-electron chi connectivity index (χ3n) is 3.20. The fourth-order valence-corrected chi connectivity index (χ4v) is 2.62. The van der Waals surface area contributed by atoms with Crippen molar-refractivity contribution in [1.29, 1.82) is 0 Å². The zero-order chi connectivity index (χ0) is 15.9. The summed E-state index contributed by atoms with van der Waals surface area (Å²) in [6.45, 7) is 3.86. The number of thioether (sulfide) groups is 1. The summed E-state index contributed by atoms with van der Waals surface area (Å²) < 4.78 is 0. The minimum Gasteiger partial charge on any atom is -0.325 e. The van der Waals surface area contributed by atoms with Crippen molar-refractivity contribution in [1.82, 2.24) is 0 Å². The van der Waals surface area contributed by atoms with E-state index in [0.29, 0.717) is 12.2 Å². The molecule has 0 aliphatic carbocycles. The van der Waals surface area contributed by atoms with E-state index in [1.54, 1.807) is 0 Å². The molecule has 2 aromatic rings. The van der Waals surface area contributed by atoms with E-state index in [9.17, 15) is 9.59 Å². The third kappa shape index (κ3) is 4.74. The summed E-state index contributed by atoms with van der Waals surface area (Å²) in [6, 6.07) is 15.1. The van der Waals surface area contributed by atoms with Crippen molar-refractivity contribution in [3.05, 3.63) is 59.7 Å². The summed E-state index contributed by atoms with van der Waals surface area (Å²) in [5, 5.41) is 2.86. The van der Waals surface area contributed by atoms with E-state index in [1.165, 1.54) is 11.8 Å². The zero-order valence-corrected chi connectivity index (χ0v) is 13.6. The molecule has 1 N–H and O–H groups in total. The Balaban J connectivity index is 1.85.